The van der Waals surface area contributed by atoms with Gasteiger partial charge in [0.05, 0.1) is 16.8 Å². The van der Waals surface area contributed by atoms with Gasteiger partial charge >= 0.3 is 0 Å². The van der Waals surface area contributed by atoms with Crippen molar-refractivity contribution in [3.05, 3.63) is 78.8 Å². The molecule has 0 aliphatic heterocycles. The second-order valence-electron chi connectivity index (χ2n) is 6.35. The summed E-state index contributed by atoms with van der Waals surface area (Å²) in [5.41, 5.74) is 9.52. The molecule has 2 aromatic heterocycles. The zero-order valence-corrected chi connectivity index (χ0v) is 15.4. The minimum atomic E-state index is -0.325. The number of fused-ring (bicyclic) bond motifs is 1. The SMILES string of the molecule is C=C/C=C(\N=C(/N)NC(C)C)c1c(-c2cccc(F)c2)nn2ccccc12. The van der Waals surface area contributed by atoms with Crippen molar-refractivity contribution in [3.63, 3.8) is 0 Å². The Bertz CT molecular complexity index is 1030. The molecule has 0 fully saturated rings. The smallest absolute Gasteiger partial charge is 0.194 e. The number of hydrogen-bond acceptors (Lipinski definition) is 2. The van der Waals surface area contributed by atoms with E-state index in [9.17, 15) is 4.39 Å². The lowest BCUT2D eigenvalue weighted by atomic mass is 10.0. The highest BCUT2D eigenvalue weighted by molar-refractivity contribution is 5.93. The number of guanidine groups is 1. The summed E-state index contributed by atoms with van der Waals surface area (Å²) in [6.45, 7) is 7.74. The molecule has 5 nitrogen and oxygen atoms in total. The highest BCUT2D eigenvalue weighted by Gasteiger charge is 2.18. The maximum Gasteiger partial charge on any atom is 0.194 e. The second-order valence-corrected chi connectivity index (χ2v) is 6.35. The van der Waals surface area contributed by atoms with E-state index in [-0.39, 0.29) is 11.9 Å². The third kappa shape index (κ3) is 4.06. The van der Waals surface area contributed by atoms with Gasteiger partial charge in [-0.15, -0.1) is 0 Å². The monoisotopic (exact) mass is 363 g/mol. The minimum Gasteiger partial charge on any atom is -0.370 e. The first-order valence-electron chi connectivity index (χ1n) is 8.66. The van der Waals surface area contributed by atoms with Crippen molar-refractivity contribution in [2.45, 2.75) is 19.9 Å². The second kappa shape index (κ2) is 7.86. The van der Waals surface area contributed by atoms with Gasteiger partial charge in [0.2, 0.25) is 0 Å². The lowest BCUT2D eigenvalue weighted by molar-refractivity contribution is 0.628. The Labute approximate surface area is 157 Å². The predicted molar refractivity (Wildman–Crippen MR) is 109 cm³/mol. The summed E-state index contributed by atoms with van der Waals surface area (Å²) in [4.78, 5) is 4.53. The van der Waals surface area contributed by atoms with Crippen LogP contribution in [0, 0.1) is 5.82 Å². The maximum atomic E-state index is 13.8. The van der Waals surface area contributed by atoms with Gasteiger partial charge in [-0.2, -0.15) is 5.10 Å². The summed E-state index contributed by atoms with van der Waals surface area (Å²) >= 11 is 0. The van der Waals surface area contributed by atoms with E-state index in [1.807, 2.05) is 44.3 Å². The number of nitrogens with two attached hydrogens (primary N) is 1. The number of halogens is 1. The third-order valence-electron chi connectivity index (χ3n) is 3.85. The lowest BCUT2D eigenvalue weighted by Gasteiger charge is -2.10. The van der Waals surface area contributed by atoms with Gasteiger partial charge in [-0.05, 0) is 44.2 Å². The van der Waals surface area contributed by atoms with Crippen LogP contribution in [0.15, 0.2) is 72.4 Å². The van der Waals surface area contributed by atoms with Crippen molar-refractivity contribution >= 4 is 17.2 Å². The van der Waals surface area contributed by atoms with Gasteiger partial charge in [0.15, 0.2) is 5.96 Å². The molecule has 27 heavy (non-hydrogen) atoms. The Balaban J connectivity index is 2.25. The number of aromatic nitrogens is 2. The fourth-order valence-electron chi connectivity index (χ4n) is 2.84. The largest absolute Gasteiger partial charge is 0.370 e. The van der Waals surface area contributed by atoms with Crippen molar-refractivity contribution < 1.29 is 4.39 Å². The van der Waals surface area contributed by atoms with Crippen LogP contribution in [0.5, 0.6) is 0 Å². The molecule has 1 aromatic carbocycles. The Hall–Kier alpha value is -3.41. The zero-order chi connectivity index (χ0) is 19.4. The molecule has 6 heteroatoms. The van der Waals surface area contributed by atoms with E-state index < -0.39 is 0 Å². The van der Waals surface area contributed by atoms with Crippen LogP contribution in [0.2, 0.25) is 0 Å². The number of rotatable bonds is 5. The summed E-state index contributed by atoms with van der Waals surface area (Å²) < 4.78 is 15.6. The fourth-order valence-corrected chi connectivity index (χ4v) is 2.84. The first-order valence-corrected chi connectivity index (χ1v) is 8.66. The van der Waals surface area contributed by atoms with E-state index in [4.69, 9.17) is 5.73 Å². The fraction of sp³-hybridized carbons (Fsp3) is 0.143. The molecular formula is C21H22FN5. The number of benzene rings is 1. The molecule has 3 N–H and O–H groups in total. The van der Waals surface area contributed by atoms with Gasteiger partial charge in [-0.25, -0.2) is 13.9 Å². The van der Waals surface area contributed by atoms with Gasteiger partial charge in [0.25, 0.3) is 0 Å². The van der Waals surface area contributed by atoms with Crippen LogP contribution in [0.4, 0.5) is 4.39 Å². The average molecular weight is 363 g/mol. The standard InChI is InChI=1S/C21H22FN5/c1-4-8-17(25-21(23)24-14(2)3)19-18-11-5-6-12-27(18)26-20(19)15-9-7-10-16(22)13-15/h4-14H,1H2,2-3H3,(H3,23,24,25)/b17-8-. The number of hydrogen-bond donors (Lipinski definition) is 2. The molecule has 2 heterocycles. The van der Waals surface area contributed by atoms with Gasteiger partial charge in [0.1, 0.15) is 11.5 Å². The highest BCUT2D eigenvalue weighted by atomic mass is 19.1. The predicted octanol–water partition coefficient (Wildman–Crippen LogP) is 3.98. The number of nitrogens with one attached hydrogen (secondary N) is 1. The highest BCUT2D eigenvalue weighted by Crippen LogP contribution is 2.33. The van der Waals surface area contributed by atoms with Gasteiger partial charge in [-0.3, -0.25) is 0 Å². The van der Waals surface area contributed by atoms with Crippen molar-refractivity contribution in [1.29, 1.82) is 0 Å². The van der Waals surface area contributed by atoms with Crippen LogP contribution in [0.1, 0.15) is 19.4 Å². The summed E-state index contributed by atoms with van der Waals surface area (Å²) in [6.07, 6.45) is 5.25. The van der Waals surface area contributed by atoms with Crippen LogP contribution in [-0.4, -0.2) is 21.6 Å². The van der Waals surface area contributed by atoms with Crippen LogP contribution >= 0.6 is 0 Å². The number of nitrogens with zero attached hydrogens (tertiary/aromatic N) is 3. The van der Waals surface area contributed by atoms with E-state index in [2.05, 4.69) is 22.0 Å². The van der Waals surface area contributed by atoms with Gasteiger partial charge in [-0.1, -0.05) is 30.9 Å². The molecule has 3 aromatic rings. The Morgan fingerprint density at radius 2 is 2.11 bits per heavy atom. The van der Waals surface area contributed by atoms with E-state index in [0.29, 0.717) is 22.9 Å². The number of allylic oxidation sites excluding steroid dienone is 2. The molecule has 0 aliphatic carbocycles. The topological polar surface area (TPSA) is 67.7 Å². The summed E-state index contributed by atoms with van der Waals surface area (Å²) in [5.74, 6) is -0.0344. The molecule has 3 rings (SSSR count). The molecule has 0 spiro atoms. The molecule has 0 aliphatic rings. The maximum absolute atomic E-state index is 13.8. The molecule has 0 saturated carbocycles. The zero-order valence-electron chi connectivity index (χ0n) is 15.4. The Morgan fingerprint density at radius 3 is 2.81 bits per heavy atom. The van der Waals surface area contributed by atoms with Crippen molar-refractivity contribution in [2.24, 2.45) is 10.7 Å². The molecular weight excluding hydrogens is 341 g/mol. The van der Waals surface area contributed by atoms with Gasteiger partial charge in [0, 0.05) is 17.8 Å². The van der Waals surface area contributed by atoms with Crippen LogP contribution in [0.3, 0.4) is 0 Å². The summed E-state index contributed by atoms with van der Waals surface area (Å²) in [5, 5.41) is 7.72. The van der Waals surface area contributed by atoms with E-state index in [0.717, 1.165) is 11.1 Å². The molecule has 138 valence electrons. The first kappa shape index (κ1) is 18.4. The average Bonchev–Trinajstić information content (AvgIpc) is 3.00. The first-order chi connectivity index (χ1) is 13.0. The summed E-state index contributed by atoms with van der Waals surface area (Å²) in [6, 6.07) is 12.2. The van der Waals surface area contributed by atoms with Crippen molar-refractivity contribution in [3.8, 4) is 11.3 Å². The third-order valence-corrected chi connectivity index (χ3v) is 3.85. The van der Waals surface area contributed by atoms with E-state index in [1.165, 1.54) is 12.1 Å². The lowest BCUT2D eigenvalue weighted by Crippen LogP contribution is -2.36. The normalized spacial score (nSPS) is 12.6. The molecule has 0 radical (unpaired) electrons. The Kier molecular flexibility index (Phi) is 5.35. The van der Waals surface area contributed by atoms with E-state index in [1.54, 1.807) is 22.7 Å². The van der Waals surface area contributed by atoms with E-state index >= 15 is 0 Å². The molecule has 0 saturated heterocycles. The van der Waals surface area contributed by atoms with Crippen LogP contribution < -0.4 is 11.1 Å². The van der Waals surface area contributed by atoms with Crippen molar-refractivity contribution in [2.75, 3.05) is 0 Å². The van der Waals surface area contributed by atoms with Crippen LogP contribution in [0.25, 0.3) is 22.5 Å². The summed E-state index contributed by atoms with van der Waals surface area (Å²) in [7, 11) is 0. The molecule has 0 amide bonds. The number of aliphatic imine (C=N–C) groups is 1. The van der Waals surface area contributed by atoms with Crippen molar-refractivity contribution in [1.82, 2.24) is 14.9 Å². The molecule has 0 bridgehead atoms. The minimum absolute atomic E-state index is 0.144. The molecule has 0 atom stereocenters. The Morgan fingerprint density at radius 1 is 1.30 bits per heavy atom. The molecule has 0 unspecified atom stereocenters. The quantitative estimate of drug-likeness (QED) is 0.409. The number of pyridine rings is 1. The van der Waals surface area contributed by atoms with Crippen LogP contribution in [-0.2, 0) is 0 Å². The van der Waals surface area contributed by atoms with Gasteiger partial charge < -0.3 is 11.1 Å².